The molecule has 0 amide bonds. The Morgan fingerprint density at radius 3 is 2.96 bits per heavy atom. The molecule has 0 bridgehead atoms. The summed E-state index contributed by atoms with van der Waals surface area (Å²) in [5.41, 5.74) is 2.11. The number of nitro groups is 1. The summed E-state index contributed by atoms with van der Waals surface area (Å²) in [4.78, 5) is 31.3. The molecule has 0 spiro atoms. The molecule has 0 fully saturated rings. The Morgan fingerprint density at radius 2 is 2.25 bits per heavy atom. The summed E-state index contributed by atoms with van der Waals surface area (Å²) in [6.07, 6.45) is 6.64. The third-order valence-corrected chi connectivity index (χ3v) is 4.96. The SMILES string of the molecule is COc1ccc(-c2nc3sccn3c2/C=C/C(=O)c2ccc[nH]2)cc1[N+](=O)[O-]. The Labute approximate surface area is 162 Å². The number of benzene rings is 1. The topological polar surface area (TPSA) is 103 Å². The molecule has 3 aromatic heterocycles. The van der Waals surface area contributed by atoms with E-state index in [1.807, 2.05) is 16.0 Å². The van der Waals surface area contributed by atoms with E-state index in [-0.39, 0.29) is 17.2 Å². The lowest BCUT2D eigenvalue weighted by Crippen LogP contribution is -1.96. The largest absolute Gasteiger partial charge is 0.490 e. The highest BCUT2D eigenvalue weighted by Crippen LogP contribution is 2.34. The van der Waals surface area contributed by atoms with Crippen molar-refractivity contribution in [3.05, 3.63) is 75.7 Å². The van der Waals surface area contributed by atoms with Gasteiger partial charge in [0, 0.05) is 29.4 Å². The van der Waals surface area contributed by atoms with Gasteiger partial charge in [-0.1, -0.05) is 0 Å². The van der Waals surface area contributed by atoms with Gasteiger partial charge >= 0.3 is 5.69 Å². The lowest BCUT2D eigenvalue weighted by Gasteiger charge is -2.04. The first-order valence-corrected chi connectivity index (χ1v) is 9.10. The molecule has 9 heteroatoms. The molecule has 4 rings (SSSR count). The Balaban J connectivity index is 1.81. The van der Waals surface area contributed by atoms with Gasteiger partial charge in [-0.25, -0.2) is 4.98 Å². The number of aromatic amines is 1. The maximum absolute atomic E-state index is 12.3. The van der Waals surface area contributed by atoms with Gasteiger partial charge in [-0.2, -0.15) is 0 Å². The van der Waals surface area contributed by atoms with Crippen LogP contribution in [0.25, 0.3) is 22.3 Å². The van der Waals surface area contributed by atoms with Crippen molar-refractivity contribution in [1.82, 2.24) is 14.4 Å². The summed E-state index contributed by atoms with van der Waals surface area (Å²) in [6.45, 7) is 0. The van der Waals surface area contributed by atoms with Gasteiger partial charge in [0.2, 0.25) is 5.78 Å². The Bertz CT molecular complexity index is 1200. The molecule has 8 nitrogen and oxygen atoms in total. The van der Waals surface area contributed by atoms with Crippen molar-refractivity contribution in [3.63, 3.8) is 0 Å². The highest BCUT2D eigenvalue weighted by atomic mass is 32.1. The molecule has 140 valence electrons. The number of nitrogens with one attached hydrogen (secondary N) is 1. The first kappa shape index (κ1) is 17.7. The molecule has 0 unspecified atom stereocenters. The minimum Gasteiger partial charge on any atom is -0.490 e. The fourth-order valence-corrected chi connectivity index (χ4v) is 3.60. The number of ether oxygens (including phenoxy) is 1. The molecule has 4 aromatic rings. The van der Waals surface area contributed by atoms with Crippen molar-refractivity contribution < 1.29 is 14.5 Å². The van der Waals surface area contributed by atoms with Crippen LogP contribution in [0, 0.1) is 10.1 Å². The number of nitro benzene ring substituents is 1. The summed E-state index contributed by atoms with van der Waals surface area (Å²) < 4.78 is 6.91. The number of carbonyl (C=O) groups is 1. The molecule has 0 atom stereocenters. The van der Waals surface area contributed by atoms with E-state index in [2.05, 4.69) is 9.97 Å². The van der Waals surface area contributed by atoms with Gasteiger partial charge in [-0.3, -0.25) is 19.3 Å². The number of imidazole rings is 1. The number of thiazole rings is 1. The number of hydrogen-bond donors (Lipinski definition) is 1. The van der Waals surface area contributed by atoms with E-state index in [0.29, 0.717) is 22.6 Å². The van der Waals surface area contributed by atoms with E-state index < -0.39 is 4.92 Å². The van der Waals surface area contributed by atoms with Crippen LogP contribution in [0.15, 0.2) is 54.2 Å². The van der Waals surface area contributed by atoms with Crippen LogP contribution in [0.1, 0.15) is 16.2 Å². The number of allylic oxidation sites excluding steroid dienone is 1. The van der Waals surface area contributed by atoms with E-state index in [9.17, 15) is 14.9 Å². The first-order valence-electron chi connectivity index (χ1n) is 8.22. The highest BCUT2D eigenvalue weighted by Gasteiger charge is 2.20. The second-order valence-electron chi connectivity index (χ2n) is 5.83. The number of hydrogen-bond acceptors (Lipinski definition) is 6. The summed E-state index contributed by atoms with van der Waals surface area (Å²) in [6, 6.07) is 8.12. The van der Waals surface area contributed by atoms with Gasteiger partial charge < -0.3 is 9.72 Å². The highest BCUT2D eigenvalue weighted by molar-refractivity contribution is 7.15. The smallest absolute Gasteiger partial charge is 0.311 e. The van der Waals surface area contributed by atoms with Crippen LogP contribution in [0.2, 0.25) is 0 Å². The molecular formula is C19H14N4O4S. The molecule has 1 aromatic carbocycles. The molecule has 0 aliphatic carbocycles. The van der Waals surface area contributed by atoms with Gasteiger partial charge in [0.1, 0.15) is 0 Å². The fourth-order valence-electron chi connectivity index (χ4n) is 2.88. The Hall–Kier alpha value is -3.72. The molecule has 0 aliphatic heterocycles. The van der Waals surface area contributed by atoms with Gasteiger partial charge in [-0.05, 0) is 36.4 Å². The van der Waals surface area contributed by atoms with Crippen LogP contribution in [-0.2, 0) is 0 Å². The van der Waals surface area contributed by atoms with Crippen LogP contribution in [0.3, 0.4) is 0 Å². The number of fused-ring (bicyclic) bond motifs is 1. The summed E-state index contributed by atoms with van der Waals surface area (Å²) in [7, 11) is 1.38. The maximum Gasteiger partial charge on any atom is 0.311 e. The zero-order valence-corrected chi connectivity index (χ0v) is 15.5. The zero-order chi connectivity index (χ0) is 19.7. The molecule has 1 N–H and O–H groups in total. The maximum atomic E-state index is 12.3. The minimum absolute atomic E-state index is 0.145. The number of rotatable bonds is 6. The number of carbonyl (C=O) groups excluding carboxylic acids is 1. The van der Waals surface area contributed by atoms with E-state index >= 15 is 0 Å². The molecule has 0 saturated heterocycles. The summed E-state index contributed by atoms with van der Waals surface area (Å²) in [5.74, 6) is -0.00405. The monoisotopic (exact) mass is 394 g/mol. The van der Waals surface area contributed by atoms with E-state index in [1.54, 1.807) is 36.5 Å². The molecule has 0 saturated carbocycles. The summed E-state index contributed by atoms with van der Waals surface area (Å²) in [5, 5.41) is 13.2. The lowest BCUT2D eigenvalue weighted by molar-refractivity contribution is -0.385. The van der Waals surface area contributed by atoms with Gasteiger partial charge in [0.05, 0.1) is 29.1 Å². The van der Waals surface area contributed by atoms with Crippen molar-refractivity contribution in [3.8, 4) is 17.0 Å². The fraction of sp³-hybridized carbons (Fsp3) is 0.0526. The zero-order valence-electron chi connectivity index (χ0n) is 14.7. The molecule has 0 radical (unpaired) electrons. The van der Waals surface area contributed by atoms with Crippen LogP contribution >= 0.6 is 11.3 Å². The molecular weight excluding hydrogens is 380 g/mol. The normalized spacial score (nSPS) is 11.3. The molecule has 0 aliphatic rings. The van der Waals surface area contributed by atoms with Gasteiger partial charge in [0.15, 0.2) is 10.7 Å². The van der Waals surface area contributed by atoms with Crippen molar-refractivity contribution in [2.75, 3.05) is 7.11 Å². The second kappa shape index (κ2) is 7.12. The minimum atomic E-state index is -0.495. The average Bonchev–Trinajstić information content (AvgIpc) is 3.43. The number of nitrogens with zero attached hydrogens (tertiary/aromatic N) is 3. The Kier molecular flexibility index (Phi) is 4.50. The van der Waals surface area contributed by atoms with E-state index in [1.165, 1.54) is 30.6 Å². The quantitative estimate of drug-likeness (QED) is 0.228. The number of ketones is 1. The standard InChI is InChI=1S/C19H14N4O4S/c1-27-17-7-4-12(11-15(17)23(25)26)18-14(22-9-10-28-19(22)21-18)5-6-16(24)13-3-2-8-20-13/h2-11,20H,1H3/b6-5+. The van der Waals surface area contributed by atoms with Crippen molar-refractivity contribution >= 4 is 33.8 Å². The number of H-pyrrole nitrogens is 1. The second-order valence-corrected chi connectivity index (χ2v) is 6.70. The molecule has 3 heterocycles. The predicted octanol–water partition coefficient (Wildman–Crippen LogP) is 4.20. The van der Waals surface area contributed by atoms with Crippen LogP contribution in [-0.4, -0.2) is 32.2 Å². The summed E-state index contributed by atoms with van der Waals surface area (Å²) >= 11 is 1.44. The van der Waals surface area contributed by atoms with Crippen molar-refractivity contribution in [2.24, 2.45) is 0 Å². The van der Waals surface area contributed by atoms with Gasteiger partial charge in [-0.15, -0.1) is 11.3 Å². The van der Waals surface area contributed by atoms with Crippen LogP contribution in [0.5, 0.6) is 5.75 Å². The van der Waals surface area contributed by atoms with Gasteiger partial charge in [0.25, 0.3) is 0 Å². The van der Waals surface area contributed by atoms with Crippen molar-refractivity contribution in [2.45, 2.75) is 0 Å². The van der Waals surface area contributed by atoms with E-state index in [4.69, 9.17) is 4.74 Å². The first-order chi connectivity index (χ1) is 13.6. The predicted molar refractivity (Wildman–Crippen MR) is 106 cm³/mol. The third-order valence-electron chi connectivity index (χ3n) is 4.20. The van der Waals surface area contributed by atoms with Crippen LogP contribution in [0.4, 0.5) is 5.69 Å². The Morgan fingerprint density at radius 1 is 1.39 bits per heavy atom. The van der Waals surface area contributed by atoms with Crippen LogP contribution < -0.4 is 4.74 Å². The lowest BCUT2D eigenvalue weighted by atomic mass is 10.1. The number of aromatic nitrogens is 3. The van der Waals surface area contributed by atoms with Crippen molar-refractivity contribution in [1.29, 1.82) is 0 Å². The molecule has 28 heavy (non-hydrogen) atoms. The third kappa shape index (κ3) is 3.08. The number of methoxy groups -OCH3 is 1. The average molecular weight is 394 g/mol. The van der Waals surface area contributed by atoms with E-state index in [0.717, 1.165) is 4.96 Å².